The van der Waals surface area contributed by atoms with Crippen LogP contribution in [-0.2, 0) is 11.2 Å². The molecule has 2 rings (SSSR count). The number of rotatable bonds is 1. The summed E-state index contributed by atoms with van der Waals surface area (Å²) in [5, 5.41) is 1.81. The first kappa shape index (κ1) is 7.91. The number of nitrogens with one attached hydrogen (secondary N) is 1. The minimum Gasteiger partial charge on any atom is -0.315 e. The van der Waals surface area contributed by atoms with Crippen LogP contribution in [0.15, 0.2) is 18.2 Å². The fraction of sp³-hybridized carbons (Fsp3) is 0.222. The largest absolute Gasteiger partial charge is 0.315 e. The Morgan fingerprint density at radius 3 is 2.92 bits per heavy atom. The second-order valence-corrected chi connectivity index (χ2v) is 3.08. The maximum absolute atomic E-state index is 11.3. The zero-order chi connectivity index (χ0) is 9.42. The summed E-state index contributed by atoms with van der Waals surface area (Å²) in [5.74, 6) is 0.0676. The Bertz CT molecular complexity index is 387. The first-order valence-electron chi connectivity index (χ1n) is 4.00. The normalized spacial score (nSPS) is 14.5. The topological polar surface area (TPSA) is 51.4 Å². The van der Waals surface area contributed by atoms with Gasteiger partial charge in [-0.3, -0.25) is 4.79 Å². The molecule has 0 aromatic heterocycles. The Morgan fingerprint density at radius 1 is 1.46 bits per heavy atom. The van der Waals surface area contributed by atoms with E-state index >= 15 is 0 Å². The van der Waals surface area contributed by atoms with Gasteiger partial charge in [-0.1, -0.05) is 0 Å². The summed E-state index contributed by atoms with van der Waals surface area (Å²) in [4.78, 5) is 23.2. The molecule has 0 aliphatic carbocycles. The van der Waals surface area contributed by atoms with Crippen molar-refractivity contribution in [2.24, 2.45) is 0 Å². The quantitative estimate of drug-likeness (QED) is 0.639. The first-order chi connectivity index (χ1) is 6.22. The molecule has 1 aromatic rings. The SMILES string of the molecule is CN1C(=O)Cc2cc([NH+]=O)ccc21. The van der Waals surface area contributed by atoms with Crippen molar-refractivity contribution in [2.75, 3.05) is 11.9 Å². The average molecular weight is 177 g/mol. The summed E-state index contributed by atoms with van der Waals surface area (Å²) in [7, 11) is 1.73. The van der Waals surface area contributed by atoms with Crippen LogP contribution >= 0.6 is 0 Å². The highest BCUT2D eigenvalue weighted by Crippen LogP contribution is 2.28. The van der Waals surface area contributed by atoms with Crippen molar-refractivity contribution in [1.82, 2.24) is 0 Å². The highest BCUT2D eigenvalue weighted by atomic mass is 16.3. The van der Waals surface area contributed by atoms with Gasteiger partial charge < -0.3 is 4.90 Å². The molecule has 0 saturated heterocycles. The molecule has 4 nitrogen and oxygen atoms in total. The lowest BCUT2D eigenvalue weighted by Crippen LogP contribution is -2.55. The van der Waals surface area contributed by atoms with E-state index in [2.05, 4.69) is 0 Å². The number of likely N-dealkylation sites (N-methyl/N-ethyl adjacent to an activating group) is 1. The molecule has 0 atom stereocenters. The van der Waals surface area contributed by atoms with Gasteiger partial charge in [0.25, 0.3) is 5.69 Å². The first-order valence-corrected chi connectivity index (χ1v) is 4.00. The van der Waals surface area contributed by atoms with Crippen LogP contribution < -0.4 is 10.1 Å². The minimum atomic E-state index is 0.0676. The standard InChI is InChI=1S/C9H8N2O2/c1-11-8-3-2-7(10-13)4-6(8)5-9(11)12/h2-4H,5H2,1H3/p+1. The van der Waals surface area contributed by atoms with Crippen molar-refractivity contribution in [1.29, 1.82) is 0 Å². The molecule has 4 heteroatoms. The van der Waals surface area contributed by atoms with Gasteiger partial charge in [0.2, 0.25) is 5.91 Å². The summed E-state index contributed by atoms with van der Waals surface area (Å²) >= 11 is 0. The number of carbonyl (C=O) groups excluding carboxylic acids is 1. The smallest absolute Gasteiger partial charge is 0.253 e. The minimum absolute atomic E-state index is 0.0676. The number of amides is 1. The lowest BCUT2D eigenvalue weighted by atomic mass is 10.1. The van der Waals surface area contributed by atoms with Crippen molar-refractivity contribution in [2.45, 2.75) is 6.42 Å². The van der Waals surface area contributed by atoms with Crippen molar-refractivity contribution in [3.05, 3.63) is 28.7 Å². The third-order valence-corrected chi connectivity index (χ3v) is 2.27. The highest BCUT2D eigenvalue weighted by molar-refractivity contribution is 6.01. The number of hydrogen-bond donors (Lipinski definition) is 1. The lowest BCUT2D eigenvalue weighted by molar-refractivity contribution is -0.379. The van der Waals surface area contributed by atoms with E-state index in [9.17, 15) is 9.70 Å². The molecule has 0 fully saturated rings. The third kappa shape index (κ3) is 1.11. The second-order valence-electron chi connectivity index (χ2n) is 3.08. The Balaban J connectivity index is 2.52. The molecular weight excluding hydrogens is 168 g/mol. The Hall–Kier alpha value is -1.71. The van der Waals surface area contributed by atoms with Gasteiger partial charge in [0.05, 0.1) is 6.42 Å². The summed E-state index contributed by atoms with van der Waals surface area (Å²) in [6.07, 6.45) is 0.390. The molecular formula is C9H9N2O2+. The molecule has 1 aromatic carbocycles. The van der Waals surface area contributed by atoms with Gasteiger partial charge in [0, 0.05) is 35.0 Å². The Morgan fingerprint density at radius 2 is 2.23 bits per heavy atom. The molecule has 0 spiro atoms. The zero-order valence-corrected chi connectivity index (χ0v) is 7.20. The molecule has 1 aliphatic heterocycles. The fourth-order valence-corrected chi connectivity index (χ4v) is 1.53. The molecule has 0 unspecified atom stereocenters. The predicted octanol–water partition coefficient (Wildman–Crippen LogP) is -0.316. The predicted molar refractivity (Wildman–Crippen MR) is 47.5 cm³/mol. The molecule has 0 bridgehead atoms. The van der Waals surface area contributed by atoms with E-state index in [0.717, 1.165) is 11.3 Å². The Kier molecular flexibility index (Phi) is 1.62. The molecule has 0 saturated carbocycles. The average Bonchev–Trinajstić information content (AvgIpc) is 2.42. The molecule has 1 heterocycles. The maximum Gasteiger partial charge on any atom is 0.253 e. The van der Waals surface area contributed by atoms with Gasteiger partial charge in [-0.05, 0) is 11.6 Å². The Labute approximate surface area is 75.1 Å². The van der Waals surface area contributed by atoms with E-state index in [1.165, 1.54) is 0 Å². The van der Waals surface area contributed by atoms with Crippen molar-refractivity contribution in [3.63, 3.8) is 0 Å². The monoisotopic (exact) mass is 177 g/mol. The third-order valence-electron chi connectivity index (χ3n) is 2.27. The van der Waals surface area contributed by atoms with Crippen molar-refractivity contribution < 1.29 is 9.97 Å². The van der Waals surface area contributed by atoms with Gasteiger partial charge >= 0.3 is 0 Å². The van der Waals surface area contributed by atoms with E-state index < -0.39 is 0 Å². The van der Waals surface area contributed by atoms with E-state index in [1.54, 1.807) is 35.3 Å². The number of hydrogen-bond acceptors (Lipinski definition) is 2. The van der Waals surface area contributed by atoms with Crippen LogP contribution in [0.3, 0.4) is 0 Å². The van der Waals surface area contributed by atoms with Gasteiger partial charge in [-0.15, -0.1) is 0 Å². The van der Waals surface area contributed by atoms with E-state index in [-0.39, 0.29) is 5.91 Å². The van der Waals surface area contributed by atoms with Gasteiger partial charge in [0.1, 0.15) is 0 Å². The van der Waals surface area contributed by atoms with Gasteiger partial charge in [-0.2, -0.15) is 0 Å². The number of benzene rings is 1. The zero-order valence-electron chi connectivity index (χ0n) is 7.20. The molecule has 1 aliphatic rings. The van der Waals surface area contributed by atoms with E-state index in [1.807, 2.05) is 0 Å². The molecule has 0 radical (unpaired) electrons. The van der Waals surface area contributed by atoms with E-state index in [4.69, 9.17) is 0 Å². The van der Waals surface area contributed by atoms with Crippen LogP contribution in [0.4, 0.5) is 11.4 Å². The molecule has 13 heavy (non-hydrogen) atoms. The van der Waals surface area contributed by atoms with Crippen LogP contribution in [0.5, 0.6) is 0 Å². The van der Waals surface area contributed by atoms with Crippen LogP contribution in [0, 0.1) is 4.91 Å². The highest BCUT2D eigenvalue weighted by Gasteiger charge is 2.24. The number of nitrogens with zero attached hydrogens (tertiary/aromatic N) is 1. The summed E-state index contributed by atoms with van der Waals surface area (Å²) < 4.78 is 0. The van der Waals surface area contributed by atoms with Crippen LogP contribution in [0.25, 0.3) is 0 Å². The van der Waals surface area contributed by atoms with Gasteiger partial charge in [-0.25, -0.2) is 0 Å². The summed E-state index contributed by atoms with van der Waals surface area (Å²) in [6.45, 7) is 0. The summed E-state index contributed by atoms with van der Waals surface area (Å²) in [5.41, 5.74) is 2.30. The van der Waals surface area contributed by atoms with Crippen molar-refractivity contribution in [3.8, 4) is 0 Å². The molecule has 66 valence electrons. The van der Waals surface area contributed by atoms with Crippen molar-refractivity contribution >= 4 is 17.3 Å². The summed E-state index contributed by atoms with van der Waals surface area (Å²) in [6, 6.07) is 5.16. The number of carbonyl (C=O) groups is 1. The number of anilines is 1. The van der Waals surface area contributed by atoms with Crippen LogP contribution in [0.2, 0.25) is 0 Å². The van der Waals surface area contributed by atoms with Crippen LogP contribution in [-0.4, -0.2) is 13.0 Å². The maximum atomic E-state index is 11.3. The number of fused-ring (bicyclic) bond motifs is 1. The van der Waals surface area contributed by atoms with E-state index in [0.29, 0.717) is 12.1 Å². The molecule has 1 N–H and O–H groups in total. The number of nitroso groups, excluding NO2 is 1. The fourth-order valence-electron chi connectivity index (χ4n) is 1.53. The van der Waals surface area contributed by atoms with Crippen LogP contribution in [0.1, 0.15) is 5.56 Å². The lowest BCUT2D eigenvalue weighted by Gasteiger charge is -2.08. The second kappa shape index (κ2) is 2.65. The molecule has 1 amide bonds. The van der Waals surface area contributed by atoms with Gasteiger partial charge in [0.15, 0.2) is 0 Å².